The summed E-state index contributed by atoms with van der Waals surface area (Å²) in [4.78, 5) is 11.8. The number of rotatable bonds is 3. The molecule has 0 bridgehead atoms. The first-order valence-electron chi connectivity index (χ1n) is 6.70. The minimum absolute atomic E-state index is 0.136. The lowest BCUT2D eigenvalue weighted by molar-refractivity contribution is -0.119. The molecule has 0 saturated carbocycles. The summed E-state index contributed by atoms with van der Waals surface area (Å²) in [6, 6.07) is 2.30. The molecule has 2 heterocycles. The van der Waals surface area contributed by atoms with Crippen LogP contribution in [0.25, 0.3) is 0 Å². The Hall–Kier alpha value is -1.25. The predicted molar refractivity (Wildman–Crippen MR) is 71.5 cm³/mol. The lowest BCUT2D eigenvalue weighted by atomic mass is 9.73. The van der Waals surface area contributed by atoms with E-state index in [1.807, 2.05) is 13.8 Å². The molecule has 3 heteroatoms. The Labute approximate surface area is 109 Å². The summed E-state index contributed by atoms with van der Waals surface area (Å²) in [5.41, 5.74) is 1.05. The molecule has 1 aromatic heterocycles. The van der Waals surface area contributed by atoms with Gasteiger partial charge in [-0.25, -0.2) is 0 Å². The third-order valence-corrected chi connectivity index (χ3v) is 4.00. The van der Waals surface area contributed by atoms with Gasteiger partial charge in [-0.05, 0) is 32.3 Å². The van der Waals surface area contributed by atoms with Gasteiger partial charge in [-0.2, -0.15) is 0 Å². The van der Waals surface area contributed by atoms with E-state index in [1.54, 1.807) is 0 Å². The predicted octanol–water partition coefficient (Wildman–Crippen LogP) is 3.09. The molecular formula is C15H23NO2. The summed E-state index contributed by atoms with van der Waals surface area (Å²) < 4.78 is 5.64. The minimum Gasteiger partial charge on any atom is -0.466 e. The fourth-order valence-electron chi connectivity index (χ4n) is 3.13. The van der Waals surface area contributed by atoms with Gasteiger partial charge < -0.3 is 9.73 Å². The quantitative estimate of drug-likeness (QED) is 0.894. The molecule has 1 N–H and O–H groups in total. The maximum absolute atomic E-state index is 11.8. The fourth-order valence-corrected chi connectivity index (χ4v) is 3.13. The standard InChI is InChI=1S/C15H23NO2/c1-9(2)6-13-15(5,8-14(17)16-13)12-7-10(3)18-11(12)4/h7,9,13H,6,8H2,1-5H3,(H,16,17). The second kappa shape index (κ2) is 4.45. The number of aryl methyl sites for hydroxylation is 2. The van der Waals surface area contributed by atoms with Gasteiger partial charge in [0.25, 0.3) is 0 Å². The largest absolute Gasteiger partial charge is 0.466 e. The van der Waals surface area contributed by atoms with Crippen LogP contribution in [-0.2, 0) is 10.2 Å². The molecule has 100 valence electrons. The molecule has 3 nitrogen and oxygen atoms in total. The van der Waals surface area contributed by atoms with Crippen molar-refractivity contribution in [2.45, 2.75) is 58.9 Å². The van der Waals surface area contributed by atoms with Crippen LogP contribution in [0.15, 0.2) is 10.5 Å². The smallest absolute Gasteiger partial charge is 0.221 e. The van der Waals surface area contributed by atoms with Gasteiger partial charge in [-0.15, -0.1) is 0 Å². The highest BCUT2D eigenvalue weighted by Gasteiger charge is 2.46. The topological polar surface area (TPSA) is 42.2 Å². The molecule has 1 fully saturated rings. The maximum atomic E-state index is 11.8. The van der Waals surface area contributed by atoms with Crippen LogP contribution < -0.4 is 5.32 Å². The second-order valence-electron chi connectivity index (χ2n) is 6.17. The van der Waals surface area contributed by atoms with Gasteiger partial charge in [0.15, 0.2) is 0 Å². The van der Waals surface area contributed by atoms with Crippen molar-refractivity contribution in [3.05, 3.63) is 23.2 Å². The first-order chi connectivity index (χ1) is 8.33. The molecule has 1 aliphatic rings. The maximum Gasteiger partial charge on any atom is 0.221 e. The second-order valence-corrected chi connectivity index (χ2v) is 6.17. The Bertz CT molecular complexity index is 461. The molecule has 2 rings (SSSR count). The Morgan fingerprint density at radius 2 is 2.17 bits per heavy atom. The average Bonchev–Trinajstić information content (AvgIpc) is 2.68. The molecule has 18 heavy (non-hydrogen) atoms. The van der Waals surface area contributed by atoms with Crippen LogP contribution in [0, 0.1) is 19.8 Å². The van der Waals surface area contributed by atoms with Gasteiger partial charge in [-0.1, -0.05) is 20.8 Å². The zero-order valence-electron chi connectivity index (χ0n) is 12.0. The molecule has 1 saturated heterocycles. The van der Waals surface area contributed by atoms with Gasteiger partial charge in [0, 0.05) is 23.4 Å². The summed E-state index contributed by atoms with van der Waals surface area (Å²) in [6.45, 7) is 10.5. The van der Waals surface area contributed by atoms with Crippen LogP contribution >= 0.6 is 0 Å². The molecule has 0 radical (unpaired) electrons. The highest BCUT2D eigenvalue weighted by Crippen LogP contribution is 2.40. The van der Waals surface area contributed by atoms with Crippen LogP contribution in [-0.4, -0.2) is 11.9 Å². The van der Waals surface area contributed by atoms with Crippen molar-refractivity contribution in [1.29, 1.82) is 0 Å². The number of hydrogen-bond donors (Lipinski definition) is 1. The monoisotopic (exact) mass is 249 g/mol. The van der Waals surface area contributed by atoms with Crippen molar-refractivity contribution in [3.8, 4) is 0 Å². The van der Waals surface area contributed by atoms with Gasteiger partial charge in [-0.3, -0.25) is 4.79 Å². The van der Waals surface area contributed by atoms with E-state index in [-0.39, 0.29) is 17.4 Å². The molecule has 2 atom stereocenters. The van der Waals surface area contributed by atoms with Crippen molar-refractivity contribution in [3.63, 3.8) is 0 Å². The number of carbonyl (C=O) groups is 1. The number of furan rings is 1. The van der Waals surface area contributed by atoms with Gasteiger partial charge in [0.05, 0.1) is 0 Å². The van der Waals surface area contributed by atoms with Crippen LogP contribution in [0.5, 0.6) is 0 Å². The molecule has 1 amide bonds. The van der Waals surface area contributed by atoms with E-state index >= 15 is 0 Å². The molecule has 1 aromatic rings. The van der Waals surface area contributed by atoms with Crippen molar-refractivity contribution in [2.24, 2.45) is 5.92 Å². The molecule has 0 aromatic carbocycles. The molecule has 0 spiro atoms. The Morgan fingerprint density at radius 1 is 1.50 bits per heavy atom. The van der Waals surface area contributed by atoms with E-state index in [9.17, 15) is 4.79 Å². The Balaban J connectivity index is 2.37. The summed E-state index contributed by atoms with van der Waals surface area (Å²) in [6.07, 6.45) is 1.57. The van der Waals surface area contributed by atoms with E-state index < -0.39 is 0 Å². The van der Waals surface area contributed by atoms with Crippen molar-refractivity contribution >= 4 is 5.91 Å². The van der Waals surface area contributed by atoms with Crippen LogP contribution in [0.2, 0.25) is 0 Å². The summed E-state index contributed by atoms with van der Waals surface area (Å²) in [5, 5.41) is 3.13. The number of nitrogens with one attached hydrogen (secondary N) is 1. The van der Waals surface area contributed by atoms with Crippen molar-refractivity contribution < 1.29 is 9.21 Å². The highest BCUT2D eigenvalue weighted by molar-refractivity contribution is 5.81. The van der Waals surface area contributed by atoms with Gasteiger partial charge >= 0.3 is 0 Å². The average molecular weight is 249 g/mol. The minimum atomic E-state index is -0.136. The number of hydrogen-bond acceptors (Lipinski definition) is 2. The zero-order valence-corrected chi connectivity index (χ0v) is 12.0. The molecule has 0 aliphatic carbocycles. The SMILES string of the molecule is Cc1cc(C2(C)CC(=O)NC2CC(C)C)c(C)o1. The van der Waals surface area contributed by atoms with Gasteiger partial charge in [0.2, 0.25) is 5.91 Å². The third-order valence-electron chi connectivity index (χ3n) is 4.00. The van der Waals surface area contributed by atoms with Crippen LogP contribution in [0.4, 0.5) is 0 Å². The molecule has 2 unspecified atom stereocenters. The summed E-state index contributed by atoms with van der Waals surface area (Å²) in [7, 11) is 0. The summed E-state index contributed by atoms with van der Waals surface area (Å²) in [5.74, 6) is 2.59. The lowest BCUT2D eigenvalue weighted by Crippen LogP contribution is -2.39. The number of amides is 1. The summed E-state index contributed by atoms with van der Waals surface area (Å²) >= 11 is 0. The first-order valence-corrected chi connectivity index (χ1v) is 6.70. The van der Waals surface area contributed by atoms with E-state index in [0.717, 1.165) is 17.9 Å². The van der Waals surface area contributed by atoms with Crippen LogP contribution in [0.1, 0.15) is 50.7 Å². The fraction of sp³-hybridized carbons (Fsp3) is 0.667. The Kier molecular flexibility index (Phi) is 3.26. The van der Waals surface area contributed by atoms with E-state index in [2.05, 4.69) is 32.2 Å². The van der Waals surface area contributed by atoms with E-state index in [4.69, 9.17) is 4.42 Å². The van der Waals surface area contributed by atoms with Crippen molar-refractivity contribution in [2.75, 3.05) is 0 Å². The van der Waals surface area contributed by atoms with Gasteiger partial charge in [0.1, 0.15) is 11.5 Å². The first kappa shape index (κ1) is 13.2. The number of carbonyl (C=O) groups excluding carboxylic acids is 1. The Morgan fingerprint density at radius 3 is 2.67 bits per heavy atom. The molecular weight excluding hydrogens is 226 g/mol. The third kappa shape index (κ3) is 2.18. The highest BCUT2D eigenvalue weighted by atomic mass is 16.3. The zero-order chi connectivity index (χ0) is 13.5. The molecule has 1 aliphatic heterocycles. The van der Waals surface area contributed by atoms with Crippen LogP contribution in [0.3, 0.4) is 0 Å². The van der Waals surface area contributed by atoms with E-state index in [0.29, 0.717) is 12.3 Å². The normalized spacial score (nSPS) is 27.9. The van der Waals surface area contributed by atoms with Crippen molar-refractivity contribution in [1.82, 2.24) is 5.32 Å². The lowest BCUT2D eigenvalue weighted by Gasteiger charge is -2.31. The van der Waals surface area contributed by atoms with E-state index in [1.165, 1.54) is 5.56 Å².